The van der Waals surface area contributed by atoms with Crippen molar-refractivity contribution in [3.63, 3.8) is 0 Å². The zero-order valence-electron chi connectivity index (χ0n) is 14.3. The van der Waals surface area contributed by atoms with E-state index < -0.39 is 16.7 Å². The van der Waals surface area contributed by atoms with Gasteiger partial charge in [-0.2, -0.15) is 0 Å². The topological polar surface area (TPSA) is 122 Å². The van der Waals surface area contributed by atoms with Crippen molar-refractivity contribution in [3.05, 3.63) is 79.4 Å². The lowest BCUT2D eigenvalue weighted by Gasteiger charge is -2.11. The maximum Gasteiger partial charge on any atom is 0.270 e. The number of nitrogens with zero attached hydrogens (tertiary/aromatic N) is 1. The molecule has 0 saturated carbocycles. The summed E-state index contributed by atoms with van der Waals surface area (Å²) in [6.07, 6.45) is 1.28. The SMILES string of the molecule is O=C(NCCO)/C(=C/c1cccc([N+](=O)[O-])c1)NC(=O)c1ccc(Cl)cc1Cl. The number of carbonyl (C=O) groups is 2. The Morgan fingerprint density at radius 2 is 1.93 bits per heavy atom. The minimum atomic E-state index is -0.681. The van der Waals surface area contributed by atoms with E-state index in [1.165, 1.54) is 48.5 Å². The molecule has 3 N–H and O–H groups in total. The number of halogens is 2. The van der Waals surface area contributed by atoms with Crippen LogP contribution in [0, 0.1) is 10.1 Å². The normalized spacial score (nSPS) is 11.0. The third-order valence-corrected chi connectivity index (χ3v) is 4.01. The van der Waals surface area contributed by atoms with E-state index in [0.29, 0.717) is 10.6 Å². The van der Waals surface area contributed by atoms with Crippen LogP contribution in [-0.4, -0.2) is 35.0 Å². The molecule has 0 fully saturated rings. The van der Waals surface area contributed by atoms with Crippen LogP contribution in [0.2, 0.25) is 10.0 Å². The molecule has 28 heavy (non-hydrogen) atoms. The number of aliphatic hydroxyl groups excluding tert-OH is 1. The van der Waals surface area contributed by atoms with Crippen LogP contribution in [-0.2, 0) is 4.79 Å². The predicted molar refractivity (Wildman–Crippen MR) is 105 cm³/mol. The van der Waals surface area contributed by atoms with E-state index in [0.717, 1.165) is 0 Å². The highest BCUT2D eigenvalue weighted by Crippen LogP contribution is 2.21. The summed E-state index contributed by atoms with van der Waals surface area (Å²) in [5.74, 6) is -1.35. The summed E-state index contributed by atoms with van der Waals surface area (Å²) in [7, 11) is 0. The molecule has 0 aliphatic rings. The van der Waals surface area contributed by atoms with Gasteiger partial charge in [0.25, 0.3) is 17.5 Å². The number of nitro groups is 1. The summed E-state index contributed by atoms with van der Waals surface area (Å²) in [6.45, 7) is -0.338. The molecule has 0 bridgehead atoms. The Bertz CT molecular complexity index is 947. The molecule has 0 saturated heterocycles. The lowest BCUT2D eigenvalue weighted by atomic mass is 10.1. The van der Waals surface area contributed by atoms with Crippen molar-refractivity contribution >= 4 is 46.8 Å². The van der Waals surface area contributed by atoms with E-state index in [1.54, 1.807) is 0 Å². The van der Waals surface area contributed by atoms with Crippen LogP contribution < -0.4 is 10.6 Å². The second-order valence-corrected chi connectivity index (χ2v) is 6.31. The number of hydrogen-bond donors (Lipinski definition) is 3. The number of aliphatic hydroxyl groups is 1. The summed E-state index contributed by atoms with van der Waals surface area (Å²) >= 11 is 11.8. The first-order valence-corrected chi connectivity index (χ1v) is 8.69. The Balaban J connectivity index is 2.36. The van der Waals surface area contributed by atoms with E-state index in [1.807, 2.05) is 0 Å². The monoisotopic (exact) mass is 423 g/mol. The van der Waals surface area contributed by atoms with Crippen LogP contribution >= 0.6 is 23.2 Å². The van der Waals surface area contributed by atoms with Gasteiger partial charge in [-0.05, 0) is 29.8 Å². The van der Waals surface area contributed by atoms with Crippen LogP contribution in [0.3, 0.4) is 0 Å². The van der Waals surface area contributed by atoms with Gasteiger partial charge in [-0.3, -0.25) is 19.7 Å². The number of amides is 2. The molecule has 2 rings (SSSR count). The largest absolute Gasteiger partial charge is 0.395 e. The van der Waals surface area contributed by atoms with Crippen molar-refractivity contribution in [1.82, 2.24) is 10.6 Å². The summed E-state index contributed by atoms with van der Waals surface area (Å²) in [5, 5.41) is 25.1. The number of non-ortho nitro benzene ring substituents is 1. The molecule has 8 nitrogen and oxygen atoms in total. The van der Waals surface area contributed by atoms with E-state index >= 15 is 0 Å². The standard InChI is InChI=1S/C18H15Cl2N3O5/c19-12-4-5-14(15(20)10-12)17(25)22-16(18(26)21-6-7-24)9-11-2-1-3-13(8-11)23(27)28/h1-5,8-10,24H,6-7H2,(H,21,26)(H,22,25)/b16-9-. The first kappa shape index (κ1) is 21.4. The van der Waals surface area contributed by atoms with Crippen LogP contribution in [0.25, 0.3) is 6.08 Å². The molecule has 0 unspecified atom stereocenters. The van der Waals surface area contributed by atoms with Crippen molar-refractivity contribution in [3.8, 4) is 0 Å². The first-order valence-electron chi connectivity index (χ1n) is 7.93. The van der Waals surface area contributed by atoms with Gasteiger partial charge in [0.1, 0.15) is 5.70 Å². The van der Waals surface area contributed by atoms with E-state index in [4.69, 9.17) is 28.3 Å². The van der Waals surface area contributed by atoms with Crippen molar-refractivity contribution in [2.45, 2.75) is 0 Å². The Morgan fingerprint density at radius 3 is 2.57 bits per heavy atom. The fraction of sp³-hybridized carbons (Fsp3) is 0.111. The van der Waals surface area contributed by atoms with Gasteiger partial charge >= 0.3 is 0 Å². The summed E-state index contributed by atoms with van der Waals surface area (Å²) < 4.78 is 0. The third-order valence-electron chi connectivity index (χ3n) is 3.46. The average molecular weight is 424 g/mol. The van der Waals surface area contributed by atoms with Gasteiger partial charge < -0.3 is 15.7 Å². The van der Waals surface area contributed by atoms with Gasteiger partial charge in [0, 0.05) is 23.7 Å². The summed E-state index contributed by atoms with van der Waals surface area (Å²) in [4.78, 5) is 35.2. The van der Waals surface area contributed by atoms with Gasteiger partial charge in [0.05, 0.1) is 22.1 Å². The van der Waals surface area contributed by atoms with Crippen LogP contribution in [0.4, 0.5) is 5.69 Å². The maximum absolute atomic E-state index is 12.5. The Kier molecular flexibility index (Phi) is 7.51. The minimum absolute atomic E-state index is 0.0390. The predicted octanol–water partition coefficient (Wildman–Crippen LogP) is 2.78. The lowest BCUT2D eigenvalue weighted by molar-refractivity contribution is -0.384. The van der Waals surface area contributed by atoms with Crippen molar-refractivity contribution in [2.24, 2.45) is 0 Å². The number of nitrogens with one attached hydrogen (secondary N) is 2. The summed E-state index contributed by atoms with van der Waals surface area (Å²) in [6, 6.07) is 9.79. The quantitative estimate of drug-likeness (QED) is 0.359. The third kappa shape index (κ3) is 5.78. The van der Waals surface area contributed by atoms with Gasteiger partial charge in [-0.15, -0.1) is 0 Å². The number of rotatable bonds is 7. The van der Waals surface area contributed by atoms with Gasteiger partial charge in [0.15, 0.2) is 0 Å². The molecular weight excluding hydrogens is 409 g/mol. The molecule has 0 radical (unpaired) electrons. The molecule has 2 aromatic rings. The molecule has 0 spiro atoms. The van der Waals surface area contributed by atoms with Gasteiger partial charge in [-0.25, -0.2) is 0 Å². The van der Waals surface area contributed by atoms with E-state index in [-0.39, 0.29) is 35.1 Å². The van der Waals surface area contributed by atoms with Crippen LogP contribution in [0.1, 0.15) is 15.9 Å². The average Bonchev–Trinajstić information content (AvgIpc) is 2.65. The molecule has 146 valence electrons. The highest BCUT2D eigenvalue weighted by molar-refractivity contribution is 6.36. The molecule has 10 heteroatoms. The second kappa shape index (κ2) is 9.84. The molecule has 2 aromatic carbocycles. The summed E-state index contributed by atoms with van der Waals surface area (Å²) in [5.41, 5.74) is 0.0673. The fourth-order valence-corrected chi connectivity index (χ4v) is 2.68. The number of nitro benzene ring substituents is 1. The molecule has 0 aliphatic heterocycles. The molecule has 0 heterocycles. The van der Waals surface area contributed by atoms with E-state index in [2.05, 4.69) is 10.6 Å². The molecule has 2 amide bonds. The maximum atomic E-state index is 12.5. The van der Waals surface area contributed by atoms with Crippen molar-refractivity contribution in [1.29, 1.82) is 0 Å². The second-order valence-electron chi connectivity index (χ2n) is 5.47. The zero-order valence-corrected chi connectivity index (χ0v) is 15.8. The van der Waals surface area contributed by atoms with E-state index in [9.17, 15) is 19.7 Å². The van der Waals surface area contributed by atoms with Crippen molar-refractivity contribution < 1.29 is 19.6 Å². The molecular formula is C18H15Cl2N3O5. The zero-order chi connectivity index (χ0) is 20.7. The van der Waals surface area contributed by atoms with Gasteiger partial charge in [0.2, 0.25) is 0 Å². The Labute approximate surface area is 169 Å². The fourth-order valence-electron chi connectivity index (χ4n) is 2.18. The Morgan fingerprint density at radius 1 is 1.18 bits per heavy atom. The number of hydrogen-bond acceptors (Lipinski definition) is 5. The van der Waals surface area contributed by atoms with Gasteiger partial charge in [-0.1, -0.05) is 35.3 Å². The van der Waals surface area contributed by atoms with Crippen LogP contribution in [0.5, 0.6) is 0 Å². The smallest absolute Gasteiger partial charge is 0.270 e. The lowest BCUT2D eigenvalue weighted by Crippen LogP contribution is -2.36. The Hall–Kier alpha value is -2.94. The number of carbonyl (C=O) groups excluding carboxylic acids is 2. The van der Waals surface area contributed by atoms with Crippen LogP contribution in [0.15, 0.2) is 48.2 Å². The molecule has 0 atom stereocenters. The highest BCUT2D eigenvalue weighted by Gasteiger charge is 2.17. The molecule has 0 aromatic heterocycles. The number of benzene rings is 2. The minimum Gasteiger partial charge on any atom is -0.395 e. The first-order chi connectivity index (χ1) is 13.3. The highest BCUT2D eigenvalue weighted by atomic mass is 35.5. The molecule has 0 aliphatic carbocycles. The van der Waals surface area contributed by atoms with Crippen molar-refractivity contribution in [2.75, 3.05) is 13.2 Å².